The van der Waals surface area contributed by atoms with Gasteiger partial charge in [0.05, 0.1) is 6.54 Å². The average molecular weight is 435 g/mol. The van der Waals surface area contributed by atoms with Crippen molar-refractivity contribution in [1.82, 2.24) is 30.3 Å². The fourth-order valence-corrected chi connectivity index (χ4v) is 2.65. The first kappa shape index (κ1) is 20.1. The summed E-state index contributed by atoms with van der Waals surface area (Å²) in [5, 5.41) is 14.5. The lowest BCUT2D eigenvalue weighted by atomic mass is 9.99. The number of aryl methyl sites for hydroxylation is 1. The molecule has 7 nitrogen and oxygen atoms in total. The van der Waals surface area contributed by atoms with Crippen LogP contribution in [0.5, 0.6) is 0 Å². The molecule has 0 saturated carbocycles. The highest BCUT2D eigenvalue weighted by molar-refractivity contribution is 14.0. The molecule has 132 valence electrons. The van der Waals surface area contributed by atoms with Crippen molar-refractivity contribution in [3.8, 4) is 0 Å². The first-order valence-electron chi connectivity index (χ1n) is 8.18. The van der Waals surface area contributed by atoms with E-state index in [1.807, 2.05) is 11.6 Å². The van der Waals surface area contributed by atoms with Crippen LogP contribution in [-0.4, -0.2) is 58.9 Å². The quantitative estimate of drug-likeness (QED) is 0.305. The van der Waals surface area contributed by atoms with Gasteiger partial charge in [-0.05, 0) is 44.8 Å². The van der Waals surface area contributed by atoms with Crippen molar-refractivity contribution in [2.45, 2.75) is 32.7 Å². The molecule has 1 aromatic heterocycles. The van der Waals surface area contributed by atoms with Gasteiger partial charge in [-0.2, -0.15) is 0 Å². The number of guanidine groups is 1. The van der Waals surface area contributed by atoms with Crippen LogP contribution < -0.4 is 10.6 Å². The average Bonchev–Trinajstić information content (AvgIpc) is 2.93. The van der Waals surface area contributed by atoms with E-state index in [0.717, 1.165) is 30.7 Å². The topological polar surface area (TPSA) is 70.4 Å². The van der Waals surface area contributed by atoms with Crippen LogP contribution in [0.15, 0.2) is 11.3 Å². The molecule has 1 fully saturated rings. The van der Waals surface area contributed by atoms with Gasteiger partial charge in [-0.15, -0.1) is 34.2 Å². The van der Waals surface area contributed by atoms with Gasteiger partial charge in [-0.3, -0.25) is 4.99 Å². The Hall–Kier alpha value is -0.900. The van der Waals surface area contributed by atoms with Crippen molar-refractivity contribution >= 4 is 29.9 Å². The van der Waals surface area contributed by atoms with Gasteiger partial charge in [0.1, 0.15) is 6.33 Å². The second-order valence-corrected chi connectivity index (χ2v) is 6.09. The van der Waals surface area contributed by atoms with Crippen molar-refractivity contribution in [3.63, 3.8) is 0 Å². The van der Waals surface area contributed by atoms with Gasteiger partial charge in [-0.1, -0.05) is 6.92 Å². The van der Waals surface area contributed by atoms with Crippen LogP contribution in [0.3, 0.4) is 0 Å². The Morgan fingerprint density at radius 1 is 1.35 bits per heavy atom. The molecule has 1 aliphatic heterocycles. The van der Waals surface area contributed by atoms with Gasteiger partial charge >= 0.3 is 0 Å². The zero-order valence-corrected chi connectivity index (χ0v) is 16.8. The summed E-state index contributed by atoms with van der Waals surface area (Å²) in [5.41, 5.74) is 0. The third-order valence-corrected chi connectivity index (χ3v) is 4.26. The van der Waals surface area contributed by atoms with Crippen LogP contribution in [0.2, 0.25) is 0 Å². The zero-order chi connectivity index (χ0) is 15.8. The number of aliphatic imine (C=N–C) groups is 1. The molecule has 2 rings (SSSR count). The molecule has 23 heavy (non-hydrogen) atoms. The molecule has 0 unspecified atom stereocenters. The zero-order valence-electron chi connectivity index (χ0n) is 14.5. The standard InChI is InChI=1S/C15H29N7.HI/c1-13-5-9-22(10-6-13)8-4-7-17-15(16-2)18-11-14-20-19-12-21(14)3;/h12-13H,4-11H2,1-3H3,(H2,16,17,18);1H. The predicted octanol–water partition coefficient (Wildman–Crippen LogP) is 1.22. The predicted molar refractivity (Wildman–Crippen MR) is 104 cm³/mol. The highest BCUT2D eigenvalue weighted by Gasteiger charge is 2.14. The Kier molecular flexibility index (Phi) is 9.46. The maximum absolute atomic E-state index is 4.23. The minimum absolute atomic E-state index is 0. The minimum atomic E-state index is 0. The van der Waals surface area contributed by atoms with E-state index in [1.165, 1.54) is 32.5 Å². The fraction of sp³-hybridized carbons (Fsp3) is 0.800. The lowest BCUT2D eigenvalue weighted by molar-refractivity contribution is 0.191. The molecule has 2 heterocycles. The van der Waals surface area contributed by atoms with Crippen molar-refractivity contribution in [3.05, 3.63) is 12.2 Å². The van der Waals surface area contributed by atoms with Crippen molar-refractivity contribution < 1.29 is 0 Å². The third kappa shape index (κ3) is 7.03. The molecule has 8 heteroatoms. The van der Waals surface area contributed by atoms with Gasteiger partial charge in [0.2, 0.25) is 0 Å². The maximum Gasteiger partial charge on any atom is 0.191 e. The second-order valence-electron chi connectivity index (χ2n) is 6.09. The van der Waals surface area contributed by atoms with Gasteiger partial charge < -0.3 is 20.1 Å². The number of piperidine rings is 1. The molecule has 0 spiro atoms. The summed E-state index contributed by atoms with van der Waals surface area (Å²) in [6.45, 7) is 7.58. The normalized spacial score (nSPS) is 16.9. The molecule has 0 amide bonds. The highest BCUT2D eigenvalue weighted by atomic mass is 127. The first-order chi connectivity index (χ1) is 10.7. The van der Waals surface area contributed by atoms with Crippen molar-refractivity contribution in [2.24, 2.45) is 18.0 Å². The number of aromatic nitrogens is 3. The SMILES string of the molecule is CN=C(NCCCN1CCC(C)CC1)NCc1nncn1C.I. The molecular formula is C15H30IN7. The summed E-state index contributed by atoms with van der Waals surface area (Å²) in [7, 11) is 3.73. The number of likely N-dealkylation sites (tertiary alicyclic amines) is 1. The number of nitrogens with one attached hydrogen (secondary N) is 2. The fourth-order valence-electron chi connectivity index (χ4n) is 2.65. The Morgan fingerprint density at radius 2 is 2.09 bits per heavy atom. The number of nitrogens with zero attached hydrogens (tertiary/aromatic N) is 5. The number of hydrogen-bond donors (Lipinski definition) is 2. The van der Waals surface area contributed by atoms with Crippen molar-refractivity contribution in [2.75, 3.05) is 33.2 Å². The highest BCUT2D eigenvalue weighted by Crippen LogP contribution is 2.15. The van der Waals surface area contributed by atoms with Crippen molar-refractivity contribution in [1.29, 1.82) is 0 Å². The molecule has 0 aliphatic carbocycles. The van der Waals surface area contributed by atoms with Crippen LogP contribution in [-0.2, 0) is 13.6 Å². The summed E-state index contributed by atoms with van der Waals surface area (Å²) in [6.07, 6.45) is 5.52. The number of rotatable bonds is 6. The van der Waals surface area contributed by atoms with Crippen LogP contribution in [0.1, 0.15) is 32.0 Å². The van der Waals surface area contributed by atoms with E-state index in [-0.39, 0.29) is 24.0 Å². The summed E-state index contributed by atoms with van der Waals surface area (Å²) < 4.78 is 1.90. The lowest BCUT2D eigenvalue weighted by Crippen LogP contribution is -2.39. The number of halogens is 1. The molecule has 1 saturated heterocycles. The van der Waals surface area contributed by atoms with E-state index in [0.29, 0.717) is 6.54 Å². The van der Waals surface area contributed by atoms with Gasteiger partial charge in [0.15, 0.2) is 11.8 Å². The first-order valence-corrected chi connectivity index (χ1v) is 8.18. The smallest absolute Gasteiger partial charge is 0.191 e. The molecule has 0 radical (unpaired) electrons. The molecule has 1 aliphatic rings. The third-order valence-electron chi connectivity index (χ3n) is 4.26. The summed E-state index contributed by atoms with van der Waals surface area (Å²) in [6, 6.07) is 0. The Bertz CT molecular complexity index is 466. The monoisotopic (exact) mass is 435 g/mol. The molecule has 2 N–H and O–H groups in total. The van der Waals surface area contributed by atoms with Crippen LogP contribution in [0.4, 0.5) is 0 Å². The van der Waals surface area contributed by atoms with Gasteiger partial charge in [-0.25, -0.2) is 0 Å². The van der Waals surface area contributed by atoms with E-state index < -0.39 is 0 Å². The Balaban J connectivity index is 0.00000264. The van der Waals surface area contributed by atoms with Gasteiger partial charge in [0.25, 0.3) is 0 Å². The minimum Gasteiger partial charge on any atom is -0.356 e. The van der Waals surface area contributed by atoms with E-state index >= 15 is 0 Å². The summed E-state index contributed by atoms with van der Waals surface area (Å²) in [5.74, 6) is 2.61. The molecule has 1 aromatic rings. The Morgan fingerprint density at radius 3 is 2.70 bits per heavy atom. The number of hydrogen-bond acceptors (Lipinski definition) is 4. The summed E-state index contributed by atoms with van der Waals surface area (Å²) >= 11 is 0. The largest absolute Gasteiger partial charge is 0.356 e. The molecule has 0 atom stereocenters. The maximum atomic E-state index is 4.23. The van der Waals surface area contributed by atoms with E-state index in [4.69, 9.17) is 0 Å². The molecule has 0 bridgehead atoms. The molecule has 0 aromatic carbocycles. The second kappa shape index (κ2) is 10.8. The van der Waals surface area contributed by atoms with Gasteiger partial charge in [0, 0.05) is 20.6 Å². The van der Waals surface area contributed by atoms with Crippen LogP contribution in [0.25, 0.3) is 0 Å². The van der Waals surface area contributed by atoms with Crippen LogP contribution >= 0.6 is 24.0 Å². The van der Waals surface area contributed by atoms with Crippen LogP contribution in [0, 0.1) is 5.92 Å². The van der Waals surface area contributed by atoms with E-state index in [1.54, 1.807) is 13.4 Å². The lowest BCUT2D eigenvalue weighted by Gasteiger charge is -2.30. The van der Waals surface area contributed by atoms with E-state index in [9.17, 15) is 0 Å². The summed E-state index contributed by atoms with van der Waals surface area (Å²) in [4.78, 5) is 6.80. The molecular weight excluding hydrogens is 405 g/mol. The van der Waals surface area contributed by atoms with E-state index in [2.05, 4.69) is 37.6 Å². The Labute approximate surface area is 156 Å².